The molecule has 2 aromatic carbocycles. The van der Waals surface area contributed by atoms with Crippen molar-refractivity contribution in [3.8, 4) is 0 Å². The Balaban J connectivity index is 1.84. The van der Waals surface area contributed by atoms with Gasteiger partial charge in [-0.05, 0) is 44.2 Å². The van der Waals surface area contributed by atoms with E-state index < -0.39 is 0 Å². The molecule has 0 radical (unpaired) electrons. The van der Waals surface area contributed by atoms with Gasteiger partial charge in [0, 0.05) is 17.5 Å². The van der Waals surface area contributed by atoms with Crippen LogP contribution >= 0.6 is 0 Å². The maximum atomic E-state index is 3.80. The van der Waals surface area contributed by atoms with Crippen molar-refractivity contribution < 1.29 is 0 Å². The molecular weight excluding hydrogens is 254 g/mol. The molecule has 1 N–H and O–H groups in total. The molecular formula is C20H25N. The van der Waals surface area contributed by atoms with Crippen LogP contribution in [0.1, 0.15) is 50.2 Å². The second-order valence-electron chi connectivity index (χ2n) is 6.87. The highest BCUT2D eigenvalue weighted by atomic mass is 15.0. The highest BCUT2D eigenvalue weighted by Crippen LogP contribution is 2.33. The molecule has 0 aromatic heterocycles. The van der Waals surface area contributed by atoms with E-state index in [-0.39, 0.29) is 0 Å². The van der Waals surface area contributed by atoms with Crippen molar-refractivity contribution in [2.24, 2.45) is 0 Å². The largest absolute Gasteiger partial charge is 0.309 e. The Morgan fingerprint density at radius 2 is 1.48 bits per heavy atom. The first-order chi connectivity index (χ1) is 10.1. The molecule has 0 spiro atoms. The summed E-state index contributed by atoms with van der Waals surface area (Å²) in [5.74, 6) is 0.485. The molecule has 1 fully saturated rings. The van der Waals surface area contributed by atoms with Gasteiger partial charge < -0.3 is 5.32 Å². The van der Waals surface area contributed by atoms with E-state index in [1.807, 2.05) is 0 Å². The molecule has 1 saturated heterocycles. The standard InChI is InChI=1S/C20H25N/c1-20(2)14-13-18(21-20)15-19(16-9-5-3-6-10-16)17-11-7-4-8-12-17/h3-12,18-19,21H,13-15H2,1-2H3. The average Bonchev–Trinajstić information content (AvgIpc) is 2.86. The summed E-state index contributed by atoms with van der Waals surface area (Å²) < 4.78 is 0. The lowest BCUT2D eigenvalue weighted by Crippen LogP contribution is -2.38. The first-order valence-electron chi connectivity index (χ1n) is 8.02. The molecule has 0 bridgehead atoms. The summed E-state index contributed by atoms with van der Waals surface area (Å²) in [6.45, 7) is 4.63. The van der Waals surface area contributed by atoms with Gasteiger partial charge in [0.25, 0.3) is 0 Å². The van der Waals surface area contributed by atoms with E-state index >= 15 is 0 Å². The number of nitrogens with one attached hydrogen (secondary N) is 1. The van der Waals surface area contributed by atoms with Gasteiger partial charge in [-0.1, -0.05) is 60.7 Å². The van der Waals surface area contributed by atoms with Gasteiger partial charge in [0.1, 0.15) is 0 Å². The predicted molar refractivity (Wildman–Crippen MR) is 89.6 cm³/mol. The highest BCUT2D eigenvalue weighted by Gasteiger charge is 2.31. The maximum absolute atomic E-state index is 3.80. The van der Waals surface area contributed by atoms with Gasteiger partial charge >= 0.3 is 0 Å². The zero-order chi connectivity index (χ0) is 14.7. The van der Waals surface area contributed by atoms with Crippen LogP contribution in [0.3, 0.4) is 0 Å². The predicted octanol–water partition coefficient (Wildman–Crippen LogP) is 4.74. The fourth-order valence-corrected chi connectivity index (χ4v) is 3.53. The molecule has 1 nitrogen and oxygen atoms in total. The van der Waals surface area contributed by atoms with Gasteiger partial charge in [-0.3, -0.25) is 0 Å². The Bertz CT molecular complexity index is 519. The Morgan fingerprint density at radius 3 is 1.90 bits per heavy atom. The van der Waals surface area contributed by atoms with Crippen molar-refractivity contribution in [2.75, 3.05) is 0 Å². The van der Waals surface area contributed by atoms with Crippen molar-refractivity contribution in [2.45, 2.75) is 50.6 Å². The van der Waals surface area contributed by atoms with Gasteiger partial charge in [0.2, 0.25) is 0 Å². The Labute approximate surface area is 128 Å². The number of hydrogen-bond acceptors (Lipinski definition) is 1. The quantitative estimate of drug-likeness (QED) is 0.852. The second-order valence-corrected chi connectivity index (χ2v) is 6.87. The summed E-state index contributed by atoms with van der Waals surface area (Å²) in [6, 6.07) is 22.5. The summed E-state index contributed by atoms with van der Waals surface area (Å²) in [5, 5.41) is 3.80. The molecule has 21 heavy (non-hydrogen) atoms. The molecule has 1 aliphatic rings. The van der Waals surface area contributed by atoms with Crippen LogP contribution in [0, 0.1) is 0 Å². The van der Waals surface area contributed by atoms with Crippen LogP contribution in [-0.2, 0) is 0 Å². The molecule has 0 aliphatic carbocycles. The van der Waals surface area contributed by atoms with Crippen LogP contribution in [0.25, 0.3) is 0 Å². The van der Waals surface area contributed by atoms with Gasteiger partial charge in [0.15, 0.2) is 0 Å². The lowest BCUT2D eigenvalue weighted by Gasteiger charge is -2.25. The van der Waals surface area contributed by atoms with E-state index in [4.69, 9.17) is 0 Å². The van der Waals surface area contributed by atoms with Crippen LogP contribution in [0.5, 0.6) is 0 Å². The minimum Gasteiger partial charge on any atom is -0.309 e. The zero-order valence-corrected chi connectivity index (χ0v) is 13.0. The molecule has 0 saturated carbocycles. The van der Waals surface area contributed by atoms with Crippen molar-refractivity contribution >= 4 is 0 Å². The van der Waals surface area contributed by atoms with Crippen LogP contribution in [0.4, 0.5) is 0 Å². The molecule has 1 atom stereocenters. The van der Waals surface area contributed by atoms with Crippen LogP contribution in [0.2, 0.25) is 0 Å². The topological polar surface area (TPSA) is 12.0 Å². The van der Waals surface area contributed by atoms with Gasteiger partial charge in [0.05, 0.1) is 0 Å². The van der Waals surface area contributed by atoms with Gasteiger partial charge in [-0.25, -0.2) is 0 Å². The molecule has 1 heterocycles. The molecule has 3 rings (SSSR count). The summed E-state index contributed by atoms with van der Waals surface area (Å²) in [6.07, 6.45) is 3.73. The fraction of sp³-hybridized carbons (Fsp3) is 0.400. The van der Waals surface area contributed by atoms with E-state index in [1.54, 1.807) is 0 Å². The summed E-state index contributed by atoms with van der Waals surface area (Å²) in [4.78, 5) is 0. The second kappa shape index (κ2) is 6.03. The minimum atomic E-state index is 0.294. The molecule has 1 aliphatic heterocycles. The molecule has 0 amide bonds. The highest BCUT2D eigenvalue weighted by molar-refractivity contribution is 5.32. The number of benzene rings is 2. The van der Waals surface area contributed by atoms with E-state index in [1.165, 1.54) is 30.4 Å². The minimum absolute atomic E-state index is 0.294. The summed E-state index contributed by atoms with van der Waals surface area (Å²) >= 11 is 0. The number of rotatable bonds is 4. The van der Waals surface area contributed by atoms with E-state index in [0.717, 1.165) is 0 Å². The normalized spacial score (nSPS) is 20.8. The molecule has 1 unspecified atom stereocenters. The van der Waals surface area contributed by atoms with Gasteiger partial charge in [-0.2, -0.15) is 0 Å². The number of hydrogen-bond donors (Lipinski definition) is 1. The third kappa shape index (κ3) is 3.54. The molecule has 2 aromatic rings. The smallest absolute Gasteiger partial charge is 0.0128 e. The Hall–Kier alpha value is -1.60. The van der Waals surface area contributed by atoms with Crippen LogP contribution in [-0.4, -0.2) is 11.6 Å². The average molecular weight is 279 g/mol. The lowest BCUT2D eigenvalue weighted by atomic mass is 9.85. The third-order valence-corrected chi connectivity index (χ3v) is 4.64. The maximum Gasteiger partial charge on any atom is 0.0128 e. The van der Waals surface area contributed by atoms with Crippen molar-refractivity contribution in [1.29, 1.82) is 0 Å². The summed E-state index contributed by atoms with van der Waals surface area (Å²) in [5.41, 5.74) is 3.15. The first kappa shape index (κ1) is 14.3. The SMILES string of the molecule is CC1(C)CCC(CC(c2ccccc2)c2ccccc2)N1. The van der Waals surface area contributed by atoms with Crippen LogP contribution in [0.15, 0.2) is 60.7 Å². The fourth-order valence-electron chi connectivity index (χ4n) is 3.53. The Kier molecular flexibility index (Phi) is 4.12. The zero-order valence-electron chi connectivity index (χ0n) is 13.0. The van der Waals surface area contributed by atoms with Crippen molar-refractivity contribution in [3.63, 3.8) is 0 Å². The summed E-state index contributed by atoms with van der Waals surface area (Å²) in [7, 11) is 0. The third-order valence-electron chi connectivity index (χ3n) is 4.64. The monoisotopic (exact) mass is 279 g/mol. The van der Waals surface area contributed by atoms with E-state index in [9.17, 15) is 0 Å². The van der Waals surface area contributed by atoms with Crippen molar-refractivity contribution in [3.05, 3.63) is 71.8 Å². The molecule has 110 valence electrons. The Morgan fingerprint density at radius 1 is 0.952 bits per heavy atom. The van der Waals surface area contributed by atoms with Crippen molar-refractivity contribution in [1.82, 2.24) is 5.32 Å². The van der Waals surface area contributed by atoms with Crippen LogP contribution < -0.4 is 5.32 Å². The van der Waals surface area contributed by atoms with E-state index in [0.29, 0.717) is 17.5 Å². The molecule has 1 heteroatoms. The lowest BCUT2D eigenvalue weighted by molar-refractivity contribution is 0.411. The first-order valence-corrected chi connectivity index (χ1v) is 8.02. The van der Waals surface area contributed by atoms with E-state index in [2.05, 4.69) is 79.8 Å². The van der Waals surface area contributed by atoms with Gasteiger partial charge in [-0.15, -0.1) is 0 Å².